The van der Waals surface area contributed by atoms with Gasteiger partial charge in [-0.15, -0.1) is 0 Å². The van der Waals surface area contributed by atoms with Gasteiger partial charge in [0.2, 0.25) is 11.8 Å². The van der Waals surface area contributed by atoms with Gasteiger partial charge in [0.1, 0.15) is 5.82 Å². The Morgan fingerprint density at radius 2 is 1.55 bits per heavy atom. The van der Waals surface area contributed by atoms with E-state index in [2.05, 4.69) is 16.0 Å². The Bertz CT molecular complexity index is 671. The Hall–Kier alpha value is -2.89. The Morgan fingerprint density at radius 3 is 2.14 bits per heavy atom. The Balaban J connectivity index is 1.87. The molecule has 0 heterocycles. The molecule has 0 fully saturated rings. The minimum Gasteiger partial charge on any atom is -0.374 e. The second-order valence-electron chi connectivity index (χ2n) is 4.64. The largest absolute Gasteiger partial charge is 0.374 e. The first-order valence-electron chi connectivity index (χ1n) is 6.70. The number of nitrogens with one attached hydrogen (secondary N) is 3. The van der Waals surface area contributed by atoms with E-state index in [0.717, 1.165) is 0 Å². The van der Waals surface area contributed by atoms with Crippen molar-refractivity contribution in [2.75, 3.05) is 22.5 Å². The van der Waals surface area contributed by atoms with Crippen molar-refractivity contribution in [2.24, 2.45) is 0 Å². The summed E-state index contributed by atoms with van der Waals surface area (Å²) in [5.41, 5.74) is 1.52. The van der Waals surface area contributed by atoms with Crippen LogP contribution in [0.4, 0.5) is 21.5 Å². The monoisotopic (exact) mass is 301 g/mol. The minimum absolute atomic E-state index is 0.0472. The van der Waals surface area contributed by atoms with Gasteiger partial charge in [-0.05, 0) is 36.4 Å². The molecule has 0 aliphatic heterocycles. The van der Waals surface area contributed by atoms with Gasteiger partial charge in [0, 0.05) is 18.3 Å². The summed E-state index contributed by atoms with van der Waals surface area (Å²) < 4.78 is 13.4. The molecule has 2 aromatic carbocycles. The first kappa shape index (κ1) is 15.5. The molecule has 0 bridgehead atoms. The highest BCUT2D eigenvalue weighted by molar-refractivity contribution is 5.94. The van der Waals surface area contributed by atoms with Crippen LogP contribution in [0, 0.1) is 5.82 Å². The molecule has 0 spiro atoms. The molecule has 3 N–H and O–H groups in total. The van der Waals surface area contributed by atoms with Gasteiger partial charge >= 0.3 is 0 Å². The zero-order valence-electron chi connectivity index (χ0n) is 12.0. The normalized spacial score (nSPS) is 9.91. The summed E-state index contributed by atoms with van der Waals surface area (Å²) in [6.45, 7) is 1.37. The molecule has 0 aliphatic carbocycles. The van der Waals surface area contributed by atoms with Crippen LogP contribution in [0.1, 0.15) is 6.92 Å². The third-order valence-electron chi connectivity index (χ3n) is 2.80. The van der Waals surface area contributed by atoms with Crippen LogP contribution in [0.2, 0.25) is 0 Å². The molecule has 0 saturated heterocycles. The Kier molecular flexibility index (Phi) is 5.08. The highest BCUT2D eigenvalue weighted by Gasteiger charge is 2.05. The first-order valence-corrected chi connectivity index (χ1v) is 6.70. The van der Waals surface area contributed by atoms with Crippen molar-refractivity contribution in [1.29, 1.82) is 0 Å². The van der Waals surface area contributed by atoms with E-state index in [4.69, 9.17) is 0 Å². The number of halogens is 1. The lowest BCUT2D eigenvalue weighted by Crippen LogP contribution is -2.22. The van der Waals surface area contributed by atoms with Crippen molar-refractivity contribution < 1.29 is 14.0 Å². The number of amides is 2. The van der Waals surface area contributed by atoms with Crippen LogP contribution >= 0.6 is 0 Å². The molecular formula is C16H16FN3O2. The van der Waals surface area contributed by atoms with E-state index in [1.54, 1.807) is 42.5 Å². The number of rotatable bonds is 5. The van der Waals surface area contributed by atoms with Crippen molar-refractivity contribution in [1.82, 2.24) is 0 Å². The smallest absolute Gasteiger partial charge is 0.243 e. The molecule has 6 heteroatoms. The number of carbonyl (C=O) groups excluding carboxylic acids is 2. The third-order valence-corrected chi connectivity index (χ3v) is 2.80. The number of para-hydroxylation sites is 1. The van der Waals surface area contributed by atoms with E-state index in [-0.39, 0.29) is 24.0 Å². The fourth-order valence-electron chi connectivity index (χ4n) is 1.83. The van der Waals surface area contributed by atoms with Crippen molar-refractivity contribution in [3.63, 3.8) is 0 Å². The summed E-state index contributed by atoms with van der Waals surface area (Å²) in [7, 11) is 0. The second kappa shape index (κ2) is 7.21. The summed E-state index contributed by atoms with van der Waals surface area (Å²) in [5, 5.41) is 8.03. The first-order chi connectivity index (χ1) is 10.5. The topological polar surface area (TPSA) is 70.2 Å². The van der Waals surface area contributed by atoms with Crippen LogP contribution in [0.15, 0.2) is 48.5 Å². The number of benzene rings is 2. The molecule has 5 nitrogen and oxygen atoms in total. The van der Waals surface area contributed by atoms with E-state index in [0.29, 0.717) is 11.4 Å². The lowest BCUT2D eigenvalue weighted by atomic mass is 10.2. The second-order valence-corrected chi connectivity index (χ2v) is 4.64. The predicted molar refractivity (Wildman–Crippen MR) is 84.3 cm³/mol. The summed E-state index contributed by atoms with van der Waals surface area (Å²) in [6, 6.07) is 12.9. The van der Waals surface area contributed by atoms with Crippen molar-refractivity contribution in [3.8, 4) is 0 Å². The van der Waals surface area contributed by atoms with Gasteiger partial charge in [-0.1, -0.05) is 12.1 Å². The van der Waals surface area contributed by atoms with Gasteiger partial charge in [0.15, 0.2) is 0 Å². The minimum atomic E-state index is -0.407. The molecule has 0 unspecified atom stereocenters. The SMILES string of the molecule is CC(=O)Nc1ccc(NC(=O)CNc2ccccc2F)cc1. The highest BCUT2D eigenvalue weighted by Crippen LogP contribution is 2.14. The van der Waals surface area contributed by atoms with Crippen LogP contribution in [-0.4, -0.2) is 18.4 Å². The summed E-state index contributed by atoms with van der Waals surface area (Å²) >= 11 is 0. The molecule has 22 heavy (non-hydrogen) atoms. The number of hydrogen-bond donors (Lipinski definition) is 3. The quantitative estimate of drug-likeness (QED) is 0.795. The number of carbonyl (C=O) groups is 2. The zero-order chi connectivity index (χ0) is 15.9. The zero-order valence-corrected chi connectivity index (χ0v) is 12.0. The van der Waals surface area contributed by atoms with E-state index in [9.17, 15) is 14.0 Å². The molecule has 2 aromatic rings. The molecule has 2 rings (SSSR count). The summed E-state index contributed by atoms with van der Waals surface area (Å²) in [6.07, 6.45) is 0. The van der Waals surface area contributed by atoms with Gasteiger partial charge in [0.05, 0.1) is 12.2 Å². The van der Waals surface area contributed by atoms with Crippen molar-refractivity contribution in [3.05, 3.63) is 54.3 Å². The van der Waals surface area contributed by atoms with Crippen molar-refractivity contribution >= 4 is 28.9 Å². The number of anilines is 3. The van der Waals surface area contributed by atoms with Crippen LogP contribution in [-0.2, 0) is 9.59 Å². The Morgan fingerprint density at radius 1 is 0.955 bits per heavy atom. The van der Waals surface area contributed by atoms with Crippen LogP contribution < -0.4 is 16.0 Å². The molecular weight excluding hydrogens is 285 g/mol. The fraction of sp³-hybridized carbons (Fsp3) is 0.125. The van der Waals surface area contributed by atoms with Crippen molar-refractivity contribution in [2.45, 2.75) is 6.92 Å². The molecule has 0 radical (unpaired) electrons. The maximum atomic E-state index is 13.4. The van der Waals surface area contributed by atoms with Crippen LogP contribution in [0.3, 0.4) is 0 Å². The van der Waals surface area contributed by atoms with E-state index < -0.39 is 5.82 Å². The average Bonchev–Trinajstić information content (AvgIpc) is 2.48. The molecule has 0 saturated carbocycles. The van der Waals surface area contributed by atoms with E-state index in [1.165, 1.54) is 13.0 Å². The lowest BCUT2D eigenvalue weighted by Gasteiger charge is -2.09. The molecule has 0 atom stereocenters. The molecule has 0 aliphatic rings. The van der Waals surface area contributed by atoms with E-state index in [1.807, 2.05) is 0 Å². The molecule has 114 valence electrons. The average molecular weight is 301 g/mol. The predicted octanol–water partition coefficient (Wildman–Crippen LogP) is 2.83. The Labute approximate surface area is 127 Å². The molecule has 0 aromatic heterocycles. The maximum absolute atomic E-state index is 13.4. The van der Waals surface area contributed by atoms with Gasteiger partial charge in [-0.25, -0.2) is 4.39 Å². The number of hydrogen-bond acceptors (Lipinski definition) is 3. The summed E-state index contributed by atoms with van der Waals surface area (Å²) in [4.78, 5) is 22.7. The van der Waals surface area contributed by atoms with Crippen LogP contribution in [0.5, 0.6) is 0 Å². The van der Waals surface area contributed by atoms with Crippen LogP contribution in [0.25, 0.3) is 0 Å². The third kappa shape index (κ3) is 4.59. The van der Waals surface area contributed by atoms with Gasteiger partial charge < -0.3 is 16.0 Å². The van der Waals surface area contributed by atoms with Gasteiger partial charge in [-0.2, -0.15) is 0 Å². The molecule has 2 amide bonds. The standard InChI is InChI=1S/C16H16FN3O2/c1-11(21)19-12-6-8-13(9-7-12)20-16(22)10-18-15-5-3-2-4-14(15)17/h2-9,18H,10H2,1H3,(H,19,21)(H,20,22). The lowest BCUT2D eigenvalue weighted by molar-refractivity contribution is -0.115. The van der Waals surface area contributed by atoms with Gasteiger partial charge in [0.25, 0.3) is 0 Å². The van der Waals surface area contributed by atoms with E-state index >= 15 is 0 Å². The maximum Gasteiger partial charge on any atom is 0.243 e. The fourth-order valence-corrected chi connectivity index (χ4v) is 1.83. The highest BCUT2D eigenvalue weighted by atomic mass is 19.1. The summed E-state index contributed by atoms with van der Waals surface area (Å²) in [5.74, 6) is -0.864. The van der Waals surface area contributed by atoms with Gasteiger partial charge in [-0.3, -0.25) is 9.59 Å².